The summed E-state index contributed by atoms with van der Waals surface area (Å²) in [6.07, 6.45) is 1.81. The number of aromatic nitrogens is 1. The molecule has 1 aromatic carbocycles. The van der Waals surface area contributed by atoms with E-state index in [0.717, 1.165) is 16.9 Å². The van der Waals surface area contributed by atoms with Crippen molar-refractivity contribution in [2.24, 2.45) is 0 Å². The van der Waals surface area contributed by atoms with Crippen LogP contribution in [0.5, 0.6) is 5.75 Å². The average Bonchev–Trinajstić information content (AvgIpc) is 2.83. The predicted molar refractivity (Wildman–Crippen MR) is 73.8 cm³/mol. The van der Waals surface area contributed by atoms with Crippen molar-refractivity contribution >= 4 is 5.97 Å². The van der Waals surface area contributed by atoms with E-state index in [2.05, 4.69) is 0 Å². The van der Waals surface area contributed by atoms with Crippen molar-refractivity contribution in [3.63, 3.8) is 0 Å². The molecule has 1 N–H and O–H groups in total. The number of carboxylic acids is 1. The summed E-state index contributed by atoms with van der Waals surface area (Å²) >= 11 is 0. The highest BCUT2D eigenvalue weighted by Gasteiger charge is 2.18. The molecule has 0 saturated carbocycles. The molecule has 0 fully saturated rings. The molecule has 0 aliphatic rings. The number of methoxy groups -OCH3 is 1. The zero-order chi connectivity index (χ0) is 14.0. The minimum atomic E-state index is -0.912. The highest BCUT2D eigenvalue weighted by Crippen LogP contribution is 2.28. The molecule has 0 saturated heterocycles. The van der Waals surface area contributed by atoms with Gasteiger partial charge in [-0.15, -0.1) is 0 Å². The van der Waals surface area contributed by atoms with Crippen LogP contribution in [0.1, 0.15) is 30.4 Å². The molecular formula is C15H17NO3. The summed E-state index contributed by atoms with van der Waals surface area (Å²) in [7, 11) is 1.60. The van der Waals surface area contributed by atoms with Gasteiger partial charge in [-0.1, -0.05) is 12.1 Å². The molecule has 2 rings (SSSR count). The largest absolute Gasteiger partial charge is 0.497 e. The topological polar surface area (TPSA) is 51.5 Å². The Balaban J connectivity index is 2.52. The fourth-order valence-corrected chi connectivity index (χ4v) is 2.11. The Kier molecular flexibility index (Phi) is 3.60. The summed E-state index contributed by atoms with van der Waals surface area (Å²) in [5, 5.41) is 9.40. The van der Waals surface area contributed by atoms with E-state index in [1.807, 2.05) is 50.4 Å². The minimum absolute atomic E-state index is 0.109. The molecule has 2 aromatic rings. The van der Waals surface area contributed by atoms with Gasteiger partial charge in [0, 0.05) is 17.8 Å². The molecule has 0 aliphatic carbocycles. The number of benzene rings is 1. The molecule has 0 spiro atoms. The molecule has 19 heavy (non-hydrogen) atoms. The molecule has 1 aromatic heterocycles. The highest BCUT2D eigenvalue weighted by atomic mass is 16.5. The molecule has 0 bridgehead atoms. The second-order valence-corrected chi connectivity index (χ2v) is 4.61. The Morgan fingerprint density at radius 3 is 2.32 bits per heavy atom. The molecule has 0 atom stereocenters. The molecule has 4 nitrogen and oxygen atoms in total. The fourth-order valence-electron chi connectivity index (χ4n) is 2.11. The van der Waals surface area contributed by atoms with E-state index < -0.39 is 5.97 Å². The van der Waals surface area contributed by atoms with Gasteiger partial charge in [0.25, 0.3) is 0 Å². The van der Waals surface area contributed by atoms with Gasteiger partial charge in [-0.3, -0.25) is 0 Å². The van der Waals surface area contributed by atoms with Crippen molar-refractivity contribution in [2.75, 3.05) is 7.11 Å². The maximum atomic E-state index is 11.5. The lowest BCUT2D eigenvalue weighted by atomic mass is 10.1. The van der Waals surface area contributed by atoms with Crippen LogP contribution in [-0.4, -0.2) is 22.8 Å². The molecule has 1 heterocycles. The van der Waals surface area contributed by atoms with Gasteiger partial charge < -0.3 is 14.4 Å². The van der Waals surface area contributed by atoms with E-state index in [4.69, 9.17) is 4.74 Å². The first-order chi connectivity index (χ1) is 9.04. The third kappa shape index (κ3) is 2.47. The maximum Gasteiger partial charge on any atom is 0.353 e. The second-order valence-electron chi connectivity index (χ2n) is 4.61. The first-order valence-corrected chi connectivity index (χ1v) is 6.13. The van der Waals surface area contributed by atoms with Gasteiger partial charge >= 0.3 is 5.97 Å². The van der Waals surface area contributed by atoms with Crippen LogP contribution in [0, 0.1) is 0 Å². The van der Waals surface area contributed by atoms with Gasteiger partial charge in [0.2, 0.25) is 0 Å². The molecule has 0 radical (unpaired) electrons. The minimum Gasteiger partial charge on any atom is -0.497 e. The van der Waals surface area contributed by atoms with E-state index in [0.29, 0.717) is 5.69 Å². The third-order valence-corrected chi connectivity index (χ3v) is 3.08. The van der Waals surface area contributed by atoms with Gasteiger partial charge in [-0.05, 0) is 37.6 Å². The lowest BCUT2D eigenvalue weighted by molar-refractivity contribution is 0.0684. The molecule has 0 aliphatic heterocycles. The van der Waals surface area contributed by atoms with Crippen molar-refractivity contribution in [3.8, 4) is 16.9 Å². The summed E-state index contributed by atoms with van der Waals surface area (Å²) in [5.41, 5.74) is 1.92. The van der Waals surface area contributed by atoms with Gasteiger partial charge in [0.1, 0.15) is 11.4 Å². The first kappa shape index (κ1) is 13.2. The SMILES string of the molecule is COc1ccc(-c2ccn(C(C)C)c2C(=O)O)cc1. The zero-order valence-electron chi connectivity index (χ0n) is 11.3. The Hall–Kier alpha value is -2.23. The lowest BCUT2D eigenvalue weighted by Crippen LogP contribution is -2.10. The Labute approximate surface area is 112 Å². The van der Waals surface area contributed by atoms with E-state index in [9.17, 15) is 9.90 Å². The molecular weight excluding hydrogens is 242 g/mol. The van der Waals surface area contributed by atoms with Gasteiger partial charge in [-0.25, -0.2) is 4.79 Å². The summed E-state index contributed by atoms with van der Waals surface area (Å²) in [4.78, 5) is 11.5. The Morgan fingerprint density at radius 1 is 1.21 bits per heavy atom. The fraction of sp³-hybridized carbons (Fsp3) is 0.267. The van der Waals surface area contributed by atoms with E-state index in [-0.39, 0.29) is 6.04 Å². The first-order valence-electron chi connectivity index (χ1n) is 6.13. The smallest absolute Gasteiger partial charge is 0.353 e. The quantitative estimate of drug-likeness (QED) is 0.915. The number of aromatic carboxylic acids is 1. The van der Waals surface area contributed by atoms with Crippen LogP contribution in [0.3, 0.4) is 0 Å². The number of hydrogen-bond acceptors (Lipinski definition) is 2. The molecule has 4 heteroatoms. The van der Waals surface area contributed by atoms with E-state index in [1.54, 1.807) is 11.7 Å². The van der Waals surface area contributed by atoms with Crippen LogP contribution in [0.25, 0.3) is 11.1 Å². The van der Waals surface area contributed by atoms with Crippen molar-refractivity contribution in [1.82, 2.24) is 4.57 Å². The molecule has 0 amide bonds. The summed E-state index contributed by atoms with van der Waals surface area (Å²) in [6.45, 7) is 3.93. The van der Waals surface area contributed by atoms with Crippen LogP contribution in [0.15, 0.2) is 36.5 Å². The lowest BCUT2D eigenvalue weighted by Gasteiger charge is -2.11. The number of carboxylic acid groups (broad SMARTS) is 1. The van der Waals surface area contributed by atoms with Crippen LogP contribution >= 0.6 is 0 Å². The average molecular weight is 259 g/mol. The second kappa shape index (κ2) is 5.18. The summed E-state index contributed by atoms with van der Waals surface area (Å²) in [5.74, 6) is -0.159. The normalized spacial score (nSPS) is 10.7. The highest BCUT2D eigenvalue weighted by molar-refractivity contribution is 5.94. The van der Waals surface area contributed by atoms with Crippen molar-refractivity contribution in [2.45, 2.75) is 19.9 Å². The summed E-state index contributed by atoms with van der Waals surface area (Å²) in [6, 6.07) is 9.33. The van der Waals surface area contributed by atoms with Crippen LogP contribution in [0.4, 0.5) is 0 Å². The Bertz CT molecular complexity index is 582. The number of rotatable bonds is 4. The van der Waals surface area contributed by atoms with Crippen molar-refractivity contribution in [1.29, 1.82) is 0 Å². The maximum absolute atomic E-state index is 11.5. The number of hydrogen-bond donors (Lipinski definition) is 1. The van der Waals surface area contributed by atoms with E-state index >= 15 is 0 Å². The van der Waals surface area contributed by atoms with Gasteiger partial charge in [0.15, 0.2) is 0 Å². The number of carbonyl (C=O) groups is 1. The zero-order valence-corrected chi connectivity index (χ0v) is 11.3. The summed E-state index contributed by atoms with van der Waals surface area (Å²) < 4.78 is 6.87. The van der Waals surface area contributed by atoms with Gasteiger partial charge in [-0.2, -0.15) is 0 Å². The third-order valence-electron chi connectivity index (χ3n) is 3.08. The Morgan fingerprint density at radius 2 is 1.84 bits per heavy atom. The number of ether oxygens (including phenoxy) is 1. The van der Waals surface area contributed by atoms with Crippen molar-refractivity contribution < 1.29 is 14.6 Å². The number of nitrogens with zero attached hydrogens (tertiary/aromatic N) is 1. The predicted octanol–water partition coefficient (Wildman–Crippen LogP) is 3.44. The standard InChI is InChI=1S/C15H17NO3/c1-10(2)16-9-8-13(14(16)15(17)18)11-4-6-12(19-3)7-5-11/h4-10H,1-3H3,(H,17,18). The van der Waals surface area contributed by atoms with Crippen LogP contribution < -0.4 is 4.74 Å². The monoisotopic (exact) mass is 259 g/mol. The molecule has 0 unspecified atom stereocenters. The molecule has 100 valence electrons. The van der Waals surface area contributed by atoms with Gasteiger partial charge in [0.05, 0.1) is 7.11 Å². The van der Waals surface area contributed by atoms with Crippen molar-refractivity contribution in [3.05, 3.63) is 42.2 Å². The van der Waals surface area contributed by atoms with E-state index in [1.165, 1.54) is 0 Å². The van der Waals surface area contributed by atoms with Crippen LogP contribution in [-0.2, 0) is 0 Å². The van der Waals surface area contributed by atoms with Crippen LogP contribution in [0.2, 0.25) is 0 Å².